The summed E-state index contributed by atoms with van der Waals surface area (Å²) >= 11 is 0. The van der Waals surface area contributed by atoms with Crippen LogP contribution in [0.5, 0.6) is 0 Å². The topological polar surface area (TPSA) is 52.0 Å². The Bertz CT molecular complexity index is 414. The van der Waals surface area contributed by atoms with Crippen molar-refractivity contribution in [3.63, 3.8) is 0 Å². The quantitative estimate of drug-likeness (QED) is 0.790. The Balaban J connectivity index is 2.37. The molecule has 2 heterocycles. The van der Waals surface area contributed by atoms with Crippen LogP contribution in [0.25, 0.3) is 0 Å². The van der Waals surface area contributed by atoms with Gasteiger partial charge in [-0.25, -0.2) is 4.39 Å². The molecule has 0 spiro atoms. The van der Waals surface area contributed by atoms with E-state index in [1.807, 2.05) is 0 Å². The number of aromatic nitrogens is 1. The number of nitrogens with zero attached hydrogens (tertiary/aromatic N) is 1. The van der Waals surface area contributed by atoms with Gasteiger partial charge in [0.1, 0.15) is 23.3 Å². The van der Waals surface area contributed by atoms with Crippen molar-refractivity contribution in [3.05, 3.63) is 54.0 Å². The highest BCUT2D eigenvalue weighted by Gasteiger charge is 2.16. The van der Waals surface area contributed by atoms with Gasteiger partial charge in [-0.05, 0) is 24.3 Å². The van der Waals surface area contributed by atoms with Crippen molar-refractivity contribution in [1.82, 2.24) is 4.98 Å². The van der Waals surface area contributed by atoms with E-state index in [1.54, 1.807) is 12.1 Å². The minimum absolute atomic E-state index is 0.197. The molecule has 0 aliphatic rings. The first-order valence-electron chi connectivity index (χ1n) is 4.18. The lowest BCUT2D eigenvalue weighted by molar-refractivity contribution is 0.475. The minimum atomic E-state index is -0.647. The molecule has 1 atom stereocenters. The minimum Gasteiger partial charge on any atom is -0.467 e. The molecule has 2 aromatic heterocycles. The largest absolute Gasteiger partial charge is 0.467 e. The summed E-state index contributed by atoms with van der Waals surface area (Å²) in [7, 11) is 0. The van der Waals surface area contributed by atoms with Gasteiger partial charge in [0.2, 0.25) is 0 Å². The van der Waals surface area contributed by atoms with E-state index >= 15 is 0 Å². The molecule has 2 N–H and O–H groups in total. The predicted octanol–water partition coefficient (Wildman–Crippen LogP) is 1.86. The summed E-state index contributed by atoms with van der Waals surface area (Å²) in [4.78, 5) is 3.87. The van der Waals surface area contributed by atoms with Crippen molar-refractivity contribution in [2.75, 3.05) is 0 Å². The predicted molar refractivity (Wildman–Crippen MR) is 48.9 cm³/mol. The molecule has 0 fully saturated rings. The Morgan fingerprint density at radius 3 is 2.86 bits per heavy atom. The molecule has 0 amide bonds. The molecule has 0 aromatic carbocycles. The SMILES string of the molecule is NC(c1ccco1)c1ncccc1F. The maximum atomic E-state index is 13.2. The second-order valence-electron chi connectivity index (χ2n) is 2.86. The van der Waals surface area contributed by atoms with Gasteiger partial charge in [-0.2, -0.15) is 0 Å². The zero-order valence-electron chi connectivity index (χ0n) is 7.35. The summed E-state index contributed by atoms with van der Waals surface area (Å²) in [6.07, 6.45) is 3.00. The molecular weight excluding hydrogens is 183 g/mol. The average molecular weight is 192 g/mol. The second kappa shape index (κ2) is 3.59. The summed E-state index contributed by atoms with van der Waals surface area (Å²) in [6, 6.07) is 5.60. The number of hydrogen-bond donors (Lipinski definition) is 1. The molecule has 0 saturated heterocycles. The molecule has 4 heteroatoms. The monoisotopic (exact) mass is 192 g/mol. The molecule has 0 radical (unpaired) electrons. The molecule has 0 aliphatic heterocycles. The molecule has 0 aliphatic carbocycles. The highest BCUT2D eigenvalue weighted by Crippen LogP contribution is 2.19. The first-order valence-corrected chi connectivity index (χ1v) is 4.18. The third-order valence-electron chi connectivity index (χ3n) is 1.93. The number of nitrogens with two attached hydrogens (primary N) is 1. The molecule has 0 saturated carbocycles. The fourth-order valence-corrected chi connectivity index (χ4v) is 1.23. The van der Waals surface area contributed by atoms with Crippen LogP contribution in [0.1, 0.15) is 17.5 Å². The Hall–Kier alpha value is -1.68. The van der Waals surface area contributed by atoms with Crippen LogP contribution >= 0.6 is 0 Å². The van der Waals surface area contributed by atoms with Crippen LogP contribution in [0.4, 0.5) is 4.39 Å². The fraction of sp³-hybridized carbons (Fsp3) is 0.100. The summed E-state index contributed by atoms with van der Waals surface area (Å²) in [5, 5.41) is 0. The van der Waals surface area contributed by atoms with Crippen molar-refractivity contribution in [1.29, 1.82) is 0 Å². The van der Waals surface area contributed by atoms with E-state index in [2.05, 4.69) is 4.98 Å². The Morgan fingerprint density at radius 1 is 1.36 bits per heavy atom. The third-order valence-corrected chi connectivity index (χ3v) is 1.93. The molecule has 1 unspecified atom stereocenters. The first-order chi connectivity index (χ1) is 6.79. The summed E-state index contributed by atoms with van der Waals surface area (Å²) in [5.74, 6) is 0.0824. The van der Waals surface area contributed by atoms with Crippen LogP contribution in [0.2, 0.25) is 0 Å². The van der Waals surface area contributed by atoms with Crippen molar-refractivity contribution in [2.24, 2.45) is 5.73 Å². The zero-order valence-corrected chi connectivity index (χ0v) is 7.35. The number of furan rings is 1. The van der Waals surface area contributed by atoms with E-state index < -0.39 is 11.9 Å². The Morgan fingerprint density at radius 2 is 2.21 bits per heavy atom. The van der Waals surface area contributed by atoms with Gasteiger partial charge in [-0.1, -0.05) is 0 Å². The average Bonchev–Trinajstić information content (AvgIpc) is 2.70. The molecule has 2 aromatic rings. The molecule has 0 bridgehead atoms. The lowest BCUT2D eigenvalue weighted by Gasteiger charge is -2.08. The summed E-state index contributed by atoms with van der Waals surface area (Å²) in [6.45, 7) is 0. The normalized spacial score (nSPS) is 12.7. The van der Waals surface area contributed by atoms with Gasteiger partial charge < -0.3 is 10.2 Å². The van der Waals surface area contributed by atoms with E-state index in [0.717, 1.165) is 0 Å². The second-order valence-corrected chi connectivity index (χ2v) is 2.86. The van der Waals surface area contributed by atoms with Crippen molar-refractivity contribution in [2.45, 2.75) is 6.04 Å². The van der Waals surface area contributed by atoms with Crippen molar-refractivity contribution < 1.29 is 8.81 Å². The molecule has 14 heavy (non-hydrogen) atoms. The number of halogens is 1. The Kier molecular flexibility index (Phi) is 2.28. The van der Waals surface area contributed by atoms with Crippen LogP contribution in [-0.2, 0) is 0 Å². The number of rotatable bonds is 2. The lowest BCUT2D eigenvalue weighted by Crippen LogP contribution is -2.14. The maximum Gasteiger partial charge on any atom is 0.146 e. The van der Waals surface area contributed by atoms with Crippen LogP contribution < -0.4 is 5.73 Å². The summed E-state index contributed by atoms with van der Waals surface area (Å²) < 4.78 is 18.3. The van der Waals surface area contributed by atoms with E-state index in [1.165, 1.54) is 24.6 Å². The highest BCUT2D eigenvalue weighted by atomic mass is 19.1. The van der Waals surface area contributed by atoms with Gasteiger partial charge in [-0.3, -0.25) is 4.98 Å². The van der Waals surface area contributed by atoms with Crippen LogP contribution in [0, 0.1) is 5.82 Å². The van der Waals surface area contributed by atoms with Crippen LogP contribution in [0.3, 0.4) is 0 Å². The highest BCUT2D eigenvalue weighted by molar-refractivity contribution is 5.20. The fourth-order valence-electron chi connectivity index (χ4n) is 1.23. The van der Waals surface area contributed by atoms with Gasteiger partial charge >= 0.3 is 0 Å². The molecular formula is C10H9FN2O. The lowest BCUT2D eigenvalue weighted by atomic mass is 10.1. The Labute approximate surface area is 80.4 Å². The van der Waals surface area contributed by atoms with Gasteiger partial charge in [0.05, 0.1) is 6.26 Å². The molecule has 2 rings (SSSR count). The smallest absolute Gasteiger partial charge is 0.146 e. The van der Waals surface area contributed by atoms with Gasteiger partial charge in [0, 0.05) is 6.20 Å². The van der Waals surface area contributed by atoms with Crippen molar-refractivity contribution in [3.8, 4) is 0 Å². The third kappa shape index (κ3) is 1.52. The standard InChI is InChI=1S/C10H9FN2O/c11-7-3-1-5-13-10(7)9(12)8-4-2-6-14-8/h1-6,9H,12H2. The van der Waals surface area contributed by atoms with Gasteiger partial charge in [0.15, 0.2) is 0 Å². The van der Waals surface area contributed by atoms with Gasteiger partial charge in [0.25, 0.3) is 0 Å². The zero-order chi connectivity index (χ0) is 9.97. The first kappa shape index (κ1) is 8.90. The van der Waals surface area contributed by atoms with E-state index in [4.69, 9.17) is 10.2 Å². The summed E-state index contributed by atoms with van der Waals surface area (Å²) in [5.41, 5.74) is 5.96. The van der Waals surface area contributed by atoms with Crippen molar-refractivity contribution >= 4 is 0 Å². The van der Waals surface area contributed by atoms with Crippen LogP contribution in [-0.4, -0.2) is 4.98 Å². The molecule has 72 valence electrons. The van der Waals surface area contributed by atoms with E-state index in [-0.39, 0.29) is 5.69 Å². The number of pyridine rings is 1. The molecule has 3 nitrogen and oxygen atoms in total. The van der Waals surface area contributed by atoms with Crippen LogP contribution in [0.15, 0.2) is 41.1 Å². The van der Waals surface area contributed by atoms with E-state index in [0.29, 0.717) is 5.76 Å². The van der Waals surface area contributed by atoms with E-state index in [9.17, 15) is 4.39 Å². The van der Waals surface area contributed by atoms with Gasteiger partial charge in [-0.15, -0.1) is 0 Å². The maximum absolute atomic E-state index is 13.2. The number of hydrogen-bond acceptors (Lipinski definition) is 3.